The summed E-state index contributed by atoms with van der Waals surface area (Å²) in [4.78, 5) is 15.9. The molecule has 1 aromatic carbocycles. The van der Waals surface area contributed by atoms with Crippen LogP contribution in [0.1, 0.15) is 5.69 Å². The Bertz CT molecular complexity index is 607. The molecule has 0 N–H and O–H groups in total. The molecular weight excluding hydrogens is 190 g/mol. The molecule has 0 aliphatic heterocycles. The highest BCUT2D eigenvalue weighted by Crippen LogP contribution is 2.08. The van der Waals surface area contributed by atoms with Gasteiger partial charge in [-0.2, -0.15) is 5.26 Å². The average molecular weight is 199 g/mol. The van der Waals surface area contributed by atoms with Crippen molar-refractivity contribution in [3.05, 3.63) is 40.3 Å². The first-order valence-corrected chi connectivity index (χ1v) is 4.57. The maximum Gasteiger partial charge on any atom is 0.273 e. The maximum absolute atomic E-state index is 11.7. The first kappa shape index (κ1) is 9.41. The van der Waals surface area contributed by atoms with Crippen LogP contribution in [0.3, 0.4) is 0 Å². The van der Waals surface area contributed by atoms with E-state index in [-0.39, 0.29) is 12.1 Å². The third-order valence-corrected chi connectivity index (χ3v) is 2.24. The lowest BCUT2D eigenvalue weighted by Crippen LogP contribution is -2.23. The Morgan fingerprint density at radius 3 is 2.93 bits per heavy atom. The molecule has 0 aliphatic rings. The summed E-state index contributed by atoms with van der Waals surface area (Å²) in [6.07, 6.45) is 0. The zero-order chi connectivity index (χ0) is 10.8. The van der Waals surface area contributed by atoms with Crippen LogP contribution in [0, 0.1) is 18.3 Å². The Balaban J connectivity index is 2.90. The monoisotopic (exact) mass is 199 g/mol. The van der Waals surface area contributed by atoms with Crippen LogP contribution in [0.15, 0.2) is 29.1 Å². The summed E-state index contributed by atoms with van der Waals surface area (Å²) in [5.74, 6) is 0. The summed E-state index contributed by atoms with van der Waals surface area (Å²) in [5, 5.41) is 8.66. The van der Waals surface area contributed by atoms with E-state index in [9.17, 15) is 4.79 Å². The third-order valence-electron chi connectivity index (χ3n) is 2.24. The molecule has 1 aromatic heterocycles. The SMILES string of the molecule is Cc1nc2ccccc2n(CC#N)c1=O. The molecule has 0 bridgehead atoms. The van der Waals surface area contributed by atoms with Gasteiger partial charge >= 0.3 is 0 Å². The van der Waals surface area contributed by atoms with Crippen molar-refractivity contribution < 1.29 is 0 Å². The van der Waals surface area contributed by atoms with Gasteiger partial charge in [-0.25, -0.2) is 4.98 Å². The smallest absolute Gasteiger partial charge is 0.273 e. The summed E-state index contributed by atoms with van der Waals surface area (Å²) < 4.78 is 1.44. The molecule has 0 atom stereocenters. The minimum absolute atomic E-state index is 0.0582. The maximum atomic E-state index is 11.7. The molecule has 0 spiro atoms. The Kier molecular flexibility index (Phi) is 2.22. The molecule has 74 valence electrons. The minimum Gasteiger partial charge on any atom is -0.291 e. The van der Waals surface area contributed by atoms with E-state index in [2.05, 4.69) is 4.98 Å². The third kappa shape index (κ3) is 1.48. The molecule has 4 nitrogen and oxygen atoms in total. The normalized spacial score (nSPS) is 10.1. The van der Waals surface area contributed by atoms with Gasteiger partial charge in [0.1, 0.15) is 12.2 Å². The van der Waals surface area contributed by atoms with Crippen molar-refractivity contribution in [1.29, 1.82) is 5.26 Å². The van der Waals surface area contributed by atoms with Gasteiger partial charge < -0.3 is 0 Å². The van der Waals surface area contributed by atoms with Crippen molar-refractivity contribution >= 4 is 11.0 Å². The van der Waals surface area contributed by atoms with Crippen LogP contribution < -0.4 is 5.56 Å². The van der Waals surface area contributed by atoms with E-state index in [0.29, 0.717) is 11.2 Å². The first-order valence-electron chi connectivity index (χ1n) is 4.57. The summed E-state index contributed by atoms with van der Waals surface area (Å²) in [7, 11) is 0. The van der Waals surface area contributed by atoms with Crippen molar-refractivity contribution in [3.63, 3.8) is 0 Å². The van der Waals surface area contributed by atoms with Gasteiger partial charge in [-0.15, -0.1) is 0 Å². The van der Waals surface area contributed by atoms with Gasteiger partial charge in [0.2, 0.25) is 0 Å². The number of benzene rings is 1. The van der Waals surface area contributed by atoms with Crippen molar-refractivity contribution in [3.8, 4) is 6.07 Å². The number of aromatic nitrogens is 2. The molecule has 0 saturated heterocycles. The molecule has 2 aromatic rings. The van der Waals surface area contributed by atoms with Crippen LogP contribution in [0.2, 0.25) is 0 Å². The van der Waals surface area contributed by atoms with Gasteiger partial charge in [-0.1, -0.05) is 12.1 Å². The number of fused-ring (bicyclic) bond motifs is 1. The Hall–Kier alpha value is -2.15. The minimum atomic E-state index is -0.199. The van der Waals surface area contributed by atoms with Crippen LogP contribution in [0.5, 0.6) is 0 Å². The quantitative estimate of drug-likeness (QED) is 0.694. The molecule has 2 rings (SSSR count). The molecule has 0 fully saturated rings. The van der Waals surface area contributed by atoms with E-state index in [4.69, 9.17) is 5.26 Å². The van der Waals surface area contributed by atoms with Crippen molar-refractivity contribution in [2.45, 2.75) is 13.5 Å². The standard InChI is InChI=1S/C11H9N3O/c1-8-11(15)14(7-6-12)10-5-3-2-4-9(10)13-8/h2-5H,7H2,1H3. The van der Waals surface area contributed by atoms with Crippen molar-refractivity contribution in [1.82, 2.24) is 9.55 Å². The van der Waals surface area contributed by atoms with Gasteiger partial charge in [0.25, 0.3) is 5.56 Å². The molecule has 0 saturated carbocycles. The largest absolute Gasteiger partial charge is 0.291 e. The molecule has 0 aliphatic carbocycles. The van der Waals surface area contributed by atoms with Crippen molar-refractivity contribution in [2.75, 3.05) is 0 Å². The lowest BCUT2D eigenvalue weighted by molar-refractivity contribution is 0.804. The topological polar surface area (TPSA) is 58.7 Å². The van der Waals surface area contributed by atoms with Crippen LogP contribution in [0.25, 0.3) is 11.0 Å². The van der Waals surface area contributed by atoms with Gasteiger partial charge in [0.15, 0.2) is 0 Å². The van der Waals surface area contributed by atoms with E-state index < -0.39 is 0 Å². The highest BCUT2D eigenvalue weighted by atomic mass is 16.1. The number of nitrogens with zero attached hydrogens (tertiary/aromatic N) is 3. The molecule has 0 amide bonds. The summed E-state index contributed by atoms with van der Waals surface area (Å²) >= 11 is 0. The zero-order valence-electron chi connectivity index (χ0n) is 8.27. The lowest BCUT2D eigenvalue weighted by atomic mass is 10.3. The van der Waals surface area contributed by atoms with Gasteiger partial charge in [-0.3, -0.25) is 9.36 Å². The fraction of sp³-hybridized carbons (Fsp3) is 0.182. The molecule has 1 heterocycles. The zero-order valence-corrected chi connectivity index (χ0v) is 8.27. The van der Waals surface area contributed by atoms with Crippen LogP contribution in [-0.2, 0) is 6.54 Å². The van der Waals surface area contributed by atoms with E-state index in [1.807, 2.05) is 24.3 Å². The highest BCUT2D eigenvalue weighted by Gasteiger charge is 2.06. The van der Waals surface area contributed by atoms with E-state index in [1.165, 1.54) is 4.57 Å². The summed E-state index contributed by atoms with van der Waals surface area (Å²) in [6, 6.07) is 9.28. The fourth-order valence-corrected chi connectivity index (χ4v) is 1.55. The van der Waals surface area contributed by atoms with Gasteiger partial charge in [-0.05, 0) is 19.1 Å². The molecule has 4 heteroatoms. The van der Waals surface area contributed by atoms with E-state index >= 15 is 0 Å². The van der Waals surface area contributed by atoms with E-state index in [1.54, 1.807) is 13.0 Å². The second-order valence-corrected chi connectivity index (χ2v) is 3.24. The Morgan fingerprint density at radius 1 is 1.47 bits per heavy atom. The fourth-order valence-electron chi connectivity index (χ4n) is 1.55. The number of hydrogen-bond donors (Lipinski definition) is 0. The van der Waals surface area contributed by atoms with Gasteiger partial charge in [0, 0.05) is 0 Å². The Morgan fingerprint density at radius 2 is 2.20 bits per heavy atom. The molecule has 0 unspecified atom stereocenters. The number of para-hydroxylation sites is 2. The molecule has 15 heavy (non-hydrogen) atoms. The number of rotatable bonds is 1. The van der Waals surface area contributed by atoms with Crippen LogP contribution in [-0.4, -0.2) is 9.55 Å². The number of aryl methyl sites for hydroxylation is 1. The second-order valence-electron chi connectivity index (χ2n) is 3.24. The first-order chi connectivity index (χ1) is 7.24. The lowest BCUT2D eigenvalue weighted by Gasteiger charge is -2.06. The predicted octanol–water partition coefficient (Wildman–Crippen LogP) is 1.23. The van der Waals surface area contributed by atoms with Gasteiger partial charge in [0.05, 0.1) is 17.1 Å². The molecular formula is C11H9N3O. The average Bonchev–Trinajstić information content (AvgIpc) is 2.25. The predicted molar refractivity (Wildman–Crippen MR) is 56.4 cm³/mol. The van der Waals surface area contributed by atoms with Crippen LogP contribution >= 0.6 is 0 Å². The highest BCUT2D eigenvalue weighted by molar-refractivity contribution is 5.74. The van der Waals surface area contributed by atoms with E-state index in [0.717, 1.165) is 5.52 Å². The summed E-state index contributed by atoms with van der Waals surface area (Å²) in [6.45, 7) is 1.71. The second kappa shape index (κ2) is 3.54. The summed E-state index contributed by atoms with van der Waals surface area (Å²) in [5.41, 5.74) is 1.67. The van der Waals surface area contributed by atoms with Crippen molar-refractivity contribution in [2.24, 2.45) is 0 Å². The number of nitriles is 1. The van der Waals surface area contributed by atoms with Crippen LogP contribution in [0.4, 0.5) is 0 Å². The number of hydrogen-bond acceptors (Lipinski definition) is 3. The Labute approximate surface area is 86.4 Å². The molecule has 0 radical (unpaired) electrons.